The second-order valence-electron chi connectivity index (χ2n) is 7.88. The minimum absolute atomic E-state index is 0.120. The van der Waals surface area contributed by atoms with E-state index in [1.54, 1.807) is 47.4 Å². The Kier molecular flexibility index (Phi) is 7.00. The van der Waals surface area contributed by atoms with Crippen LogP contribution >= 0.6 is 0 Å². The standard InChI is InChI=1S/C23H29N3O4S/c1-4-13-24-22(27)21-6-5-14-26(21)23(28)18-8-10-19(11-9-18)25-31(29,30)20-12-7-16(2)17(3)15-20/h7-12,15,21,25H,4-6,13-14H2,1-3H3,(H,24,27)/t21-/m1/s1. The van der Waals surface area contributed by atoms with Gasteiger partial charge in [-0.05, 0) is 80.6 Å². The fourth-order valence-corrected chi connectivity index (χ4v) is 4.73. The highest BCUT2D eigenvalue weighted by Crippen LogP contribution is 2.23. The highest BCUT2D eigenvalue weighted by atomic mass is 32.2. The molecule has 1 atom stereocenters. The zero-order valence-corrected chi connectivity index (χ0v) is 19.0. The summed E-state index contributed by atoms with van der Waals surface area (Å²) in [5.41, 5.74) is 2.70. The van der Waals surface area contributed by atoms with Crippen molar-refractivity contribution in [3.8, 4) is 0 Å². The molecular formula is C23H29N3O4S. The van der Waals surface area contributed by atoms with Gasteiger partial charge in [0.15, 0.2) is 0 Å². The number of anilines is 1. The molecule has 2 aromatic carbocycles. The number of nitrogens with zero attached hydrogens (tertiary/aromatic N) is 1. The summed E-state index contributed by atoms with van der Waals surface area (Å²) in [6.07, 6.45) is 2.27. The van der Waals surface area contributed by atoms with E-state index < -0.39 is 16.1 Å². The normalized spacial score (nSPS) is 16.2. The summed E-state index contributed by atoms with van der Waals surface area (Å²) >= 11 is 0. The van der Waals surface area contributed by atoms with Crippen LogP contribution in [-0.4, -0.2) is 44.3 Å². The molecule has 1 fully saturated rings. The van der Waals surface area contributed by atoms with Crippen molar-refractivity contribution in [1.82, 2.24) is 10.2 Å². The Morgan fingerprint density at radius 1 is 1.06 bits per heavy atom. The monoisotopic (exact) mass is 443 g/mol. The molecule has 0 spiro atoms. The van der Waals surface area contributed by atoms with Crippen molar-refractivity contribution < 1.29 is 18.0 Å². The molecule has 31 heavy (non-hydrogen) atoms. The molecule has 2 N–H and O–H groups in total. The SMILES string of the molecule is CCCNC(=O)[C@H]1CCCN1C(=O)c1ccc(NS(=O)(=O)c2ccc(C)c(C)c2)cc1. The molecule has 8 heteroatoms. The number of sulfonamides is 1. The van der Waals surface area contributed by atoms with Crippen LogP contribution in [0.15, 0.2) is 47.4 Å². The molecule has 2 amide bonds. The van der Waals surface area contributed by atoms with Crippen LogP contribution in [0.4, 0.5) is 5.69 Å². The first-order valence-electron chi connectivity index (χ1n) is 10.5. The van der Waals surface area contributed by atoms with Gasteiger partial charge in [-0.25, -0.2) is 8.42 Å². The molecule has 0 aliphatic carbocycles. The molecule has 0 radical (unpaired) electrons. The van der Waals surface area contributed by atoms with Gasteiger partial charge in [-0.3, -0.25) is 14.3 Å². The molecule has 1 heterocycles. The van der Waals surface area contributed by atoms with Crippen LogP contribution in [0.3, 0.4) is 0 Å². The van der Waals surface area contributed by atoms with Crippen molar-refractivity contribution in [2.75, 3.05) is 17.8 Å². The third kappa shape index (κ3) is 5.25. The Balaban J connectivity index is 1.71. The van der Waals surface area contributed by atoms with Crippen LogP contribution in [0.2, 0.25) is 0 Å². The van der Waals surface area contributed by atoms with Gasteiger partial charge in [0.05, 0.1) is 4.90 Å². The zero-order chi connectivity index (χ0) is 22.6. The molecular weight excluding hydrogens is 414 g/mol. The fourth-order valence-electron chi connectivity index (χ4n) is 3.59. The molecule has 1 aliphatic heterocycles. The first-order chi connectivity index (χ1) is 14.7. The van der Waals surface area contributed by atoms with Gasteiger partial charge in [0, 0.05) is 24.3 Å². The quantitative estimate of drug-likeness (QED) is 0.687. The lowest BCUT2D eigenvalue weighted by molar-refractivity contribution is -0.124. The number of hydrogen-bond donors (Lipinski definition) is 2. The van der Waals surface area contributed by atoms with E-state index in [1.165, 1.54) is 0 Å². The maximum atomic E-state index is 12.9. The Morgan fingerprint density at radius 2 is 1.77 bits per heavy atom. The largest absolute Gasteiger partial charge is 0.354 e. The minimum atomic E-state index is -3.73. The summed E-state index contributed by atoms with van der Waals surface area (Å²) < 4.78 is 27.9. The number of rotatable bonds is 7. The van der Waals surface area contributed by atoms with Gasteiger partial charge in [0.1, 0.15) is 6.04 Å². The summed E-state index contributed by atoms with van der Waals surface area (Å²) in [7, 11) is -3.73. The second kappa shape index (κ2) is 9.51. The van der Waals surface area contributed by atoms with Gasteiger partial charge in [-0.15, -0.1) is 0 Å². The lowest BCUT2D eigenvalue weighted by Gasteiger charge is -2.24. The second-order valence-corrected chi connectivity index (χ2v) is 9.56. The highest BCUT2D eigenvalue weighted by molar-refractivity contribution is 7.92. The number of nitrogens with one attached hydrogen (secondary N) is 2. The molecule has 0 saturated carbocycles. The van der Waals surface area contributed by atoms with Crippen molar-refractivity contribution in [3.63, 3.8) is 0 Å². The third-order valence-corrected chi connectivity index (χ3v) is 6.92. The number of amides is 2. The summed E-state index contributed by atoms with van der Waals surface area (Å²) in [6, 6.07) is 10.8. The Bertz CT molecular complexity index is 1060. The first kappa shape index (κ1) is 22.8. The van der Waals surface area contributed by atoms with E-state index in [2.05, 4.69) is 10.0 Å². The van der Waals surface area contributed by atoms with Crippen LogP contribution in [0.25, 0.3) is 0 Å². The molecule has 7 nitrogen and oxygen atoms in total. The number of hydrogen-bond acceptors (Lipinski definition) is 4. The molecule has 166 valence electrons. The van der Waals surface area contributed by atoms with Crippen molar-refractivity contribution in [1.29, 1.82) is 0 Å². The zero-order valence-electron chi connectivity index (χ0n) is 18.1. The maximum absolute atomic E-state index is 12.9. The van der Waals surface area contributed by atoms with E-state index in [1.807, 2.05) is 20.8 Å². The topological polar surface area (TPSA) is 95.6 Å². The van der Waals surface area contributed by atoms with Crippen LogP contribution in [0, 0.1) is 13.8 Å². The van der Waals surface area contributed by atoms with Gasteiger partial charge in [-0.1, -0.05) is 13.0 Å². The third-order valence-electron chi connectivity index (χ3n) is 5.54. The average molecular weight is 444 g/mol. The lowest BCUT2D eigenvalue weighted by Crippen LogP contribution is -2.46. The average Bonchev–Trinajstić information content (AvgIpc) is 3.23. The van der Waals surface area contributed by atoms with Crippen LogP contribution in [0.1, 0.15) is 47.7 Å². The lowest BCUT2D eigenvalue weighted by atomic mass is 10.1. The summed E-state index contributed by atoms with van der Waals surface area (Å²) in [6.45, 7) is 6.89. The predicted molar refractivity (Wildman–Crippen MR) is 121 cm³/mol. The smallest absolute Gasteiger partial charge is 0.261 e. The van der Waals surface area contributed by atoms with Crippen LogP contribution in [-0.2, 0) is 14.8 Å². The molecule has 1 aliphatic rings. The van der Waals surface area contributed by atoms with Gasteiger partial charge >= 0.3 is 0 Å². The molecule has 3 rings (SSSR count). The molecule has 0 unspecified atom stereocenters. The Labute approximate surface area is 183 Å². The molecule has 1 saturated heterocycles. The maximum Gasteiger partial charge on any atom is 0.261 e. The minimum Gasteiger partial charge on any atom is -0.354 e. The van der Waals surface area contributed by atoms with Gasteiger partial charge in [0.25, 0.3) is 15.9 Å². The van der Waals surface area contributed by atoms with Crippen molar-refractivity contribution >= 4 is 27.5 Å². The van der Waals surface area contributed by atoms with Crippen molar-refractivity contribution in [2.24, 2.45) is 0 Å². The van der Waals surface area contributed by atoms with Crippen LogP contribution < -0.4 is 10.0 Å². The number of carbonyl (C=O) groups is 2. The van der Waals surface area contributed by atoms with E-state index in [9.17, 15) is 18.0 Å². The summed E-state index contributed by atoms with van der Waals surface area (Å²) in [5.74, 6) is -0.344. The number of likely N-dealkylation sites (tertiary alicyclic amines) is 1. The van der Waals surface area contributed by atoms with Gasteiger partial charge < -0.3 is 10.2 Å². The number of aryl methyl sites for hydroxylation is 2. The summed E-state index contributed by atoms with van der Waals surface area (Å²) in [5, 5.41) is 2.86. The molecule has 0 aromatic heterocycles. The van der Waals surface area contributed by atoms with Crippen molar-refractivity contribution in [2.45, 2.75) is 51.0 Å². The fraction of sp³-hybridized carbons (Fsp3) is 0.391. The summed E-state index contributed by atoms with van der Waals surface area (Å²) in [4.78, 5) is 27.1. The van der Waals surface area contributed by atoms with E-state index >= 15 is 0 Å². The Morgan fingerprint density at radius 3 is 2.42 bits per heavy atom. The molecule has 0 bridgehead atoms. The number of carbonyl (C=O) groups excluding carboxylic acids is 2. The number of benzene rings is 2. The highest BCUT2D eigenvalue weighted by Gasteiger charge is 2.34. The van der Waals surface area contributed by atoms with E-state index in [0.29, 0.717) is 30.8 Å². The van der Waals surface area contributed by atoms with E-state index in [4.69, 9.17) is 0 Å². The molecule has 2 aromatic rings. The predicted octanol–water partition coefficient (Wildman–Crippen LogP) is 3.24. The Hall–Kier alpha value is -2.87. The van der Waals surface area contributed by atoms with Crippen LogP contribution in [0.5, 0.6) is 0 Å². The van der Waals surface area contributed by atoms with Gasteiger partial charge in [-0.2, -0.15) is 0 Å². The van der Waals surface area contributed by atoms with Gasteiger partial charge in [0.2, 0.25) is 5.91 Å². The van der Waals surface area contributed by atoms with Crippen molar-refractivity contribution in [3.05, 3.63) is 59.2 Å². The van der Waals surface area contributed by atoms with E-state index in [-0.39, 0.29) is 16.7 Å². The van der Waals surface area contributed by atoms with E-state index in [0.717, 1.165) is 24.0 Å². The first-order valence-corrected chi connectivity index (χ1v) is 12.0.